The molecule has 2 N–H and O–H groups in total. The molecule has 0 aliphatic rings. The van der Waals surface area contributed by atoms with Crippen LogP contribution in [0.25, 0.3) is 0 Å². The van der Waals surface area contributed by atoms with Crippen LogP contribution in [0.15, 0.2) is 18.2 Å². The first-order valence-corrected chi connectivity index (χ1v) is 6.27. The summed E-state index contributed by atoms with van der Waals surface area (Å²) >= 11 is 0. The van der Waals surface area contributed by atoms with Crippen LogP contribution >= 0.6 is 0 Å². The van der Waals surface area contributed by atoms with E-state index in [0.717, 1.165) is 5.56 Å². The number of carbonyl (C=O) groups excluding carboxylic acids is 1. The SMILES string of the molecule is CCOC(=O)CNCC(O)c1cc(C)ccc1OC. The fourth-order valence-electron chi connectivity index (χ4n) is 1.75. The van der Waals surface area contributed by atoms with E-state index in [-0.39, 0.29) is 19.1 Å². The summed E-state index contributed by atoms with van der Waals surface area (Å²) in [6, 6.07) is 5.61. The summed E-state index contributed by atoms with van der Waals surface area (Å²) in [5, 5.41) is 13.0. The summed E-state index contributed by atoms with van der Waals surface area (Å²) < 4.78 is 9.99. The number of methoxy groups -OCH3 is 1. The van der Waals surface area contributed by atoms with Crippen LogP contribution in [0.2, 0.25) is 0 Å². The van der Waals surface area contributed by atoms with Gasteiger partial charge in [0, 0.05) is 12.1 Å². The quantitative estimate of drug-likeness (QED) is 0.726. The zero-order valence-electron chi connectivity index (χ0n) is 11.6. The number of nitrogens with one attached hydrogen (secondary N) is 1. The van der Waals surface area contributed by atoms with Crippen molar-refractivity contribution < 1.29 is 19.4 Å². The zero-order chi connectivity index (χ0) is 14.3. The predicted molar refractivity (Wildman–Crippen MR) is 72.2 cm³/mol. The van der Waals surface area contributed by atoms with Gasteiger partial charge in [-0.3, -0.25) is 4.79 Å². The minimum atomic E-state index is -0.732. The van der Waals surface area contributed by atoms with Crippen LogP contribution in [0.4, 0.5) is 0 Å². The lowest BCUT2D eigenvalue weighted by Gasteiger charge is -2.16. The standard InChI is InChI=1S/C14H21NO4/c1-4-19-14(17)9-15-8-12(16)11-7-10(2)5-6-13(11)18-3/h5-7,12,15-16H,4,8-9H2,1-3H3. The summed E-state index contributed by atoms with van der Waals surface area (Å²) in [4.78, 5) is 11.1. The van der Waals surface area contributed by atoms with E-state index in [1.165, 1.54) is 0 Å². The summed E-state index contributed by atoms with van der Waals surface area (Å²) in [7, 11) is 1.56. The highest BCUT2D eigenvalue weighted by molar-refractivity contribution is 5.71. The van der Waals surface area contributed by atoms with Crippen LogP contribution < -0.4 is 10.1 Å². The Labute approximate surface area is 113 Å². The van der Waals surface area contributed by atoms with Crippen LogP contribution in [-0.4, -0.2) is 37.9 Å². The van der Waals surface area contributed by atoms with E-state index in [9.17, 15) is 9.90 Å². The van der Waals surface area contributed by atoms with Gasteiger partial charge in [0.25, 0.3) is 0 Å². The third-order valence-corrected chi connectivity index (χ3v) is 2.66. The first-order valence-electron chi connectivity index (χ1n) is 6.27. The van der Waals surface area contributed by atoms with Crippen LogP contribution in [0.5, 0.6) is 5.75 Å². The molecule has 19 heavy (non-hydrogen) atoms. The first-order chi connectivity index (χ1) is 9.08. The second-order valence-corrected chi connectivity index (χ2v) is 4.20. The topological polar surface area (TPSA) is 67.8 Å². The molecular weight excluding hydrogens is 246 g/mol. The van der Waals surface area contributed by atoms with Gasteiger partial charge in [-0.1, -0.05) is 11.6 Å². The van der Waals surface area contributed by atoms with Gasteiger partial charge in [0.05, 0.1) is 26.4 Å². The molecule has 0 aliphatic carbocycles. The molecule has 0 saturated carbocycles. The number of aliphatic hydroxyl groups is 1. The molecule has 1 unspecified atom stereocenters. The molecule has 5 nitrogen and oxygen atoms in total. The number of carbonyl (C=O) groups is 1. The van der Waals surface area contributed by atoms with Gasteiger partial charge in [-0.15, -0.1) is 0 Å². The Morgan fingerprint density at radius 1 is 1.47 bits per heavy atom. The van der Waals surface area contributed by atoms with E-state index in [0.29, 0.717) is 17.9 Å². The lowest BCUT2D eigenvalue weighted by Crippen LogP contribution is -2.29. The maximum Gasteiger partial charge on any atom is 0.319 e. The second-order valence-electron chi connectivity index (χ2n) is 4.20. The minimum Gasteiger partial charge on any atom is -0.496 e. The fraction of sp³-hybridized carbons (Fsp3) is 0.500. The molecule has 0 spiro atoms. The third-order valence-electron chi connectivity index (χ3n) is 2.66. The summed E-state index contributed by atoms with van der Waals surface area (Å²) in [6.45, 7) is 4.40. The Morgan fingerprint density at radius 3 is 2.84 bits per heavy atom. The molecule has 1 aromatic rings. The largest absolute Gasteiger partial charge is 0.496 e. The molecule has 0 aliphatic heterocycles. The Balaban J connectivity index is 2.55. The van der Waals surface area contributed by atoms with E-state index in [1.54, 1.807) is 14.0 Å². The average molecular weight is 267 g/mol. The van der Waals surface area contributed by atoms with Gasteiger partial charge in [-0.05, 0) is 26.0 Å². The van der Waals surface area contributed by atoms with E-state index in [4.69, 9.17) is 9.47 Å². The molecule has 1 atom stereocenters. The predicted octanol–water partition coefficient (Wildman–Crippen LogP) is 1.19. The smallest absolute Gasteiger partial charge is 0.319 e. The molecule has 0 saturated heterocycles. The molecule has 0 bridgehead atoms. The molecule has 5 heteroatoms. The Hall–Kier alpha value is -1.59. The van der Waals surface area contributed by atoms with Gasteiger partial charge in [0.1, 0.15) is 5.75 Å². The zero-order valence-corrected chi connectivity index (χ0v) is 11.6. The Kier molecular flexibility index (Phi) is 6.32. The van der Waals surface area contributed by atoms with Gasteiger partial charge in [-0.2, -0.15) is 0 Å². The molecule has 0 amide bonds. The molecular formula is C14H21NO4. The Morgan fingerprint density at radius 2 is 2.21 bits per heavy atom. The van der Waals surface area contributed by atoms with Crippen molar-refractivity contribution in [2.45, 2.75) is 20.0 Å². The van der Waals surface area contributed by atoms with Gasteiger partial charge < -0.3 is 19.9 Å². The van der Waals surface area contributed by atoms with Crippen molar-refractivity contribution in [3.05, 3.63) is 29.3 Å². The number of esters is 1. The summed E-state index contributed by atoms with van der Waals surface area (Å²) in [5.74, 6) is 0.307. The number of hydrogen-bond acceptors (Lipinski definition) is 5. The highest BCUT2D eigenvalue weighted by Crippen LogP contribution is 2.25. The van der Waals surface area contributed by atoms with Crippen molar-refractivity contribution >= 4 is 5.97 Å². The maximum atomic E-state index is 11.1. The van der Waals surface area contributed by atoms with Crippen molar-refractivity contribution in [3.8, 4) is 5.75 Å². The molecule has 0 heterocycles. The number of aliphatic hydroxyl groups excluding tert-OH is 1. The van der Waals surface area contributed by atoms with Crippen LogP contribution in [-0.2, 0) is 9.53 Å². The number of benzene rings is 1. The number of aryl methyl sites for hydroxylation is 1. The number of ether oxygens (including phenoxy) is 2. The minimum absolute atomic E-state index is 0.0824. The van der Waals surface area contributed by atoms with Crippen LogP contribution in [0.1, 0.15) is 24.2 Å². The van der Waals surface area contributed by atoms with Crippen molar-refractivity contribution in [1.29, 1.82) is 0 Å². The van der Waals surface area contributed by atoms with Crippen LogP contribution in [0, 0.1) is 6.92 Å². The number of hydrogen-bond donors (Lipinski definition) is 2. The van der Waals surface area contributed by atoms with Gasteiger partial charge in [0.2, 0.25) is 0 Å². The van der Waals surface area contributed by atoms with Gasteiger partial charge in [0.15, 0.2) is 0 Å². The molecule has 1 rings (SSSR count). The highest BCUT2D eigenvalue weighted by atomic mass is 16.5. The van der Waals surface area contributed by atoms with Crippen molar-refractivity contribution in [1.82, 2.24) is 5.32 Å². The van der Waals surface area contributed by atoms with E-state index in [1.807, 2.05) is 25.1 Å². The van der Waals surface area contributed by atoms with Gasteiger partial charge >= 0.3 is 5.97 Å². The molecule has 0 radical (unpaired) electrons. The monoisotopic (exact) mass is 267 g/mol. The molecule has 106 valence electrons. The lowest BCUT2D eigenvalue weighted by molar-refractivity contribution is -0.142. The van der Waals surface area contributed by atoms with Crippen molar-refractivity contribution in [2.24, 2.45) is 0 Å². The van der Waals surface area contributed by atoms with Crippen molar-refractivity contribution in [2.75, 3.05) is 26.8 Å². The van der Waals surface area contributed by atoms with E-state index < -0.39 is 6.10 Å². The average Bonchev–Trinajstić information content (AvgIpc) is 2.38. The molecule has 0 aromatic heterocycles. The first kappa shape index (κ1) is 15.5. The van der Waals surface area contributed by atoms with Crippen molar-refractivity contribution in [3.63, 3.8) is 0 Å². The third kappa shape index (κ3) is 4.89. The lowest BCUT2D eigenvalue weighted by atomic mass is 10.1. The van der Waals surface area contributed by atoms with Gasteiger partial charge in [-0.25, -0.2) is 0 Å². The maximum absolute atomic E-state index is 11.1. The number of rotatable bonds is 7. The normalized spacial score (nSPS) is 12.0. The molecule has 0 fully saturated rings. The van der Waals surface area contributed by atoms with Crippen LogP contribution in [0.3, 0.4) is 0 Å². The van der Waals surface area contributed by atoms with E-state index >= 15 is 0 Å². The molecule has 1 aromatic carbocycles. The highest BCUT2D eigenvalue weighted by Gasteiger charge is 2.13. The summed E-state index contributed by atoms with van der Waals surface area (Å²) in [5.41, 5.74) is 1.75. The Bertz CT molecular complexity index is 420. The fourth-order valence-corrected chi connectivity index (χ4v) is 1.75. The summed E-state index contributed by atoms with van der Waals surface area (Å²) in [6.07, 6.45) is -0.732. The second kappa shape index (κ2) is 7.76. The van der Waals surface area contributed by atoms with E-state index in [2.05, 4.69) is 5.32 Å².